The average Bonchev–Trinajstić information content (AvgIpc) is 2.71. The van der Waals surface area contributed by atoms with Crippen molar-refractivity contribution >= 4 is 5.97 Å². The minimum absolute atomic E-state index is 0.534. The van der Waals surface area contributed by atoms with Gasteiger partial charge in [0.2, 0.25) is 0 Å². The predicted octanol–water partition coefficient (Wildman–Crippen LogP) is 2.26. The Bertz CT molecular complexity index is 248. The first-order chi connectivity index (χ1) is 7.14. The van der Waals surface area contributed by atoms with Crippen LogP contribution in [0.5, 0.6) is 0 Å². The Morgan fingerprint density at radius 1 is 1.27 bits per heavy atom. The van der Waals surface area contributed by atoms with E-state index in [4.69, 9.17) is 0 Å². The zero-order chi connectivity index (χ0) is 10.9. The fraction of sp³-hybridized carbons (Fsp3) is 0.917. The van der Waals surface area contributed by atoms with E-state index >= 15 is 0 Å². The number of rotatable bonds is 2. The first-order valence-electron chi connectivity index (χ1n) is 6.15. The molecular formula is C12H21NO2. The van der Waals surface area contributed by atoms with Crippen molar-refractivity contribution in [1.29, 1.82) is 0 Å². The monoisotopic (exact) mass is 211 g/mol. The number of nitrogens with zero attached hydrogens (tertiary/aromatic N) is 1. The third-order valence-corrected chi connectivity index (χ3v) is 4.17. The molecule has 0 bridgehead atoms. The highest BCUT2D eigenvalue weighted by Crippen LogP contribution is 2.35. The second kappa shape index (κ2) is 4.12. The van der Waals surface area contributed by atoms with Crippen molar-refractivity contribution in [2.24, 2.45) is 0 Å². The van der Waals surface area contributed by atoms with E-state index in [1.54, 1.807) is 0 Å². The summed E-state index contributed by atoms with van der Waals surface area (Å²) in [7, 11) is 0. The maximum absolute atomic E-state index is 11.4. The van der Waals surface area contributed by atoms with E-state index in [2.05, 4.69) is 4.90 Å². The van der Waals surface area contributed by atoms with Crippen molar-refractivity contribution in [2.75, 3.05) is 6.54 Å². The molecule has 3 heteroatoms. The number of carboxylic acid groups (broad SMARTS) is 1. The molecule has 1 unspecified atom stereocenters. The Hall–Kier alpha value is -0.570. The fourth-order valence-electron chi connectivity index (χ4n) is 3.17. The minimum atomic E-state index is -0.630. The van der Waals surface area contributed by atoms with Crippen LogP contribution in [0.2, 0.25) is 0 Å². The minimum Gasteiger partial charge on any atom is -0.480 e. The van der Waals surface area contributed by atoms with Crippen LogP contribution in [0.25, 0.3) is 0 Å². The van der Waals surface area contributed by atoms with E-state index in [-0.39, 0.29) is 0 Å². The normalized spacial score (nSPS) is 34.5. The van der Waals surface area contributed by atoms with Crippen molar-refractivity contribution in [1.82, 2.24) is 4.90 Å². The van der Waals surface area contributed by atoms with Crippen molar-refractivity contribution in [3.05, 3.63) is 0 Å². The summed E-state index contributed by atoms with van der Waals surface area (Å²) < 4.78 is 0. The number of piperidine rings is 1. The van der Waals surface area contributed by atoms with Crippen LogP contribution in [0, 0.1) is 0 Å². The molecule has 0 aromatic carbocycles. The Morgan fingerprint density at radius 2 is 1.93 bits per heavy atom. The van der Waals surface area contributed by atoms with Gasteiger partial charge in [-0.2, -0.15) is 0 Å². The van der Waals surface area contributed by atoms with E-state index in [1.165, 1.54) is 32.1 Å². The molecule has 15 heavy (non-hydrogen) atoms. The lowest BCUT2D eigenvalue weighted by atomic mass is 9.86. The fourth-order valence-corrected chi connectivity index (χ4v) is 3.17. The van der Waals surface area contributed by atoms with Crippen molar-refractivity contribution in [2.45, 2.75) is 63.5 Å². The first-order valence-corrected chi connectivity index (χ1v) is 6.15. The molecule has 1 saturated heterocycles. The van der Waals surface area contributed by atoms with Crippen LogP contribution in [0.3, 0.4) is 0 Å². The van der Waals surface area contributed by atoms with Crippen molar-refractivity contribution in [3.63, 3.8) is 0 Å². The maximum Gasteiger partial charge on any atom is 0.323 e. The summed E-state index contributed by atoms with van der Waals surface area (Å²) in [6.45, 7) is 2.89. The highest BCUT2D eigenvalue weighted by atomic mass is 16.4. The second-order valence-electron chi connectivity index (χ2n) is 5.17. The van der Waals surface area contributed by atoms with Gasteiger partial charge in [-0.25, -0.2) is 0 Å². The zero-order valence-electron chi connectivity index (χ0n) is 9.54. The second-order valence-corrected chi connectivity index (χ2v) is 5.17. The quantitative estimate of drug-likeness (QED) is 0.761. The number of carbonyl (C=O) groups is 1. The van der Waals surface area contributed by atoms with Gasteiger partial charge in [0, 0.05) is 6.04 Å². The van der Waals surface area contributed by atoms with Crippen LogP contribution in [-0.2, 0) is 4.79 Å². The standard InChI is InChI=1S/C12H21NO2/c1-12(11(14)15)8-4-5-9-13(12)10-6-2-3-7-10/h10H,2-9H2,1H3,(H,14,15). The molecule has 0 aromatic heterocycles. The lowest BCUT2D eigenvalue weighted by Crippen LogP contribution is -2.58. The van der Waals surface area contributed by atoms with Crippen LogP contribution in [0.4, 0.5) is 0 Å². The van der Waals surface area contributed by atoms with Gasteiger partial charge in [-0.1, -0.05) is 12.8 Å². The third-order valence-electron chi connectivity index (χ3n) is 4.17. The van der Waals surface area contributed by atoms with E-state index in [0.29, 0.717) is 6.04 Å². The Kier molecular flexibility index (Phi) is 3.01. The van der Waals surface area contributed by atoms with E-state index in [1.807, 2.05) is 6.92 Å². The molecule has 0 amide bonds. The zero-order valence-corrected chi connectivity index (χ0v) is 9.54. The summed E-state index contributed by atoms with van der Waals surface area (Å²) in [5.41, 5.74) is -0.590. The highest BCUT2D eigenvalue weighted by Gasteiger charge is 2.44. The van der Waals surface area contributed by atoms with Gasteiger partial charge in [0.05, 0.1) is 0 Å². The first kappa shape index (κ1) is 10.9. The highest BCUT2D eigenvalue weighted by molar-refractivity contribution is 5.78. The molecule has 1 N–H and O–H groups in total. The molecule has 1 aliphatic heterocycles. The van der Waals surface area contributed by atoms with Gasteiger partial charge in [0.15, 0.2) is 0 Å². The van der Waals surface area contributed by atoms with E-state index in [9.17, 15) is 9.90 Å². The molecule has 0 spiro atoms. The molecule has 0 aromatic rings. The molecule has 1 saturated carbocycles. The Labute approximate surface area is 91.5 Å². The van der Waals surface area contributed by atoms with Crippen molar-refractivity contribution in [3.8, 4) is 0 Å². The number of carboxylic acids is 1. The number of aliphatic carboxylic acids is 1. The van der Waals surface area contributed by atoms with Gasteiger partial charge < -0.3 is 5.11 Å². The van der Waals surface area contributed by atoms with E-state index in [0.717, 1.165) is 19.4 Å². The van der Waals surface area contributed by atoms with Crippen molar-refractivity contribution < 1.29 is 9.90 Å². The smallest absolute Gasteiger partial charge is 0.323 e. The topological polar surface area (TPSA) is 40.5 Å². The van der Waals surface area contributed by atoms with Gasteiger partial charge in [0.25, 0.3) is 0 Å². The van der Waals surface area contributed by atoms with Gasteiger partial charge in [-0.3, -0.25) is 9.69 Å². The number of hydrogen-bond donors (Lipinski definition) is 1. The molecular weight excluding hydrogens is 190 g/mol. The summed E-state index contributed by atoms with van der Waals surface area (Å²) >= 11 is 0. The van der Waals surface area contributed by atoms with E-state index < -0.39 is 11.5 Å². The van der Waals surface area contributed by atoms with Crippen LogP contribution in [0.15, 0.2) is 0 Å². The van der Waals surface area contributed by atoms with Gasteiger partial charge in [-0.15, -0.1) is 0 Å². The van der Waals surface area contributed by atoms with Crippen LogP contribution in [0.1, 0.15) is 51.9 Å². The van der Waals surface area contributed by atoms with Gasteiger partial charge in [0.1, 0.15) is 5.54 Å². The number of hydrogen-bond acceptors (Lipinski definition) is 2. The molecule has 2 aliphatic rings. The molecule has 2 rings (SSSR count). The predicted molar refractivity (Wildman–Crippen MR) is 58.9 cm³/mol. The summed E-state index contributed by atoms with van der Waals surface area (Å²) in [5, 5.41) is 9.39. The molecule has 1 aliphatic carbocycles. The Morgan fingerprint density at radius 3 is 2.53 bits per heavy atom. The summed E-state index contributed by atoms with van der Waals surface area (Å²) in [4.78, 5) is 13.7. The van der Waals surface area contributed by atoms with Gasteiger partial charge in [-0.05, 0) is 45.6 Å². The lowest BCUT2D eigenvalue weighted by molar-refractivity contribution is -0.155. The molecule has 2 fully saturated rings. The summed E-state index contributed by atoms with van der Waals surface area (Å²) in [5.74, 6) is -0.630. The summed E-state index contributed by atoms with van der Waals surface area (Å²) in [6, 6.07) is 0.534. The molecule has 3 nitrogen and oxygen atoms in total. The van der Waals surface area contributed by atoms with Crippen LogP contribution < -0.4 is 0 Å². The Balaban J connectivity index is 2.14. The largest absolute Gasteiger partial charge is 0.480 e. The summed E-state index contributed by atoms with van der Waals surface area (Å²) in [6.07, 6.45) is 7.99. The number of likely N-dealkylation sites (tertiary alicyclic amines) is 1. The molecule has 1 atom stereocenters. The molecule has 1 heterocycles. The maximum atomic E-state index is 11.4. The molecule has 0 radical (unpaired) electrons. The lowest BCUT2D eigenvalue weighted by Gasteiger charge is -2.45. The van der Waals surface area contributed by atoms with Crippen LogP contribution >= 0.6 is 0 Å². The third kappa shape index (κ3) is 1.89. The van der Waals surface area contributed by atoms with Crippen LogP contribution in [-0.4, -0.2) is 34.1 Å². The molecule has 86 valence electrons. The van der Waals surface area contributed by atoms with Gasteiger partial charge >= 0.3 is 5.97 Å². The average molecular weight is 211 g/mol. The SMILES string of the molecule is CC1(C(=O)O)CCCCN1C1CCCC1.